The maximum absolute atomic E-state index is 13.9. The van der Waals surface area contributed by atoms with Crippen molar-refractivity contribution < 1.29 is 9.53 Å². The van der Waals surface area contributed by atoms with Gasteiger partial charge in [0.1, 0.15) is 35.1 Å². The molecule has 2 nitrogen and oxygen atoms in total. The lowest BCUT2D eigenvalue weighted by Gasteiger charge is -2.27. The van der Waals surface area contributed by atoms with Crippen molar-refractivity contribution in [1.82, 2.24) is 0 Å². The quantitative estimate of drug-likeness (QED) is 0.211. The third-order valence-electron chi connectivity index (χ3n) is 7.00. The molecule has 0 bridgehead atoms. The van der Waals surface area contributed by atoms with Crippen molar-refractivity contribution in [2.24, 2.45) is 0 Å². The lowest BCUT2D eigenvalue weighted by atomic mass is 9.98. The second-order valence-corrected chi connectivity index (χ2v) is 12.8. The third kappa shape index (κ3) is 5.24. The predicted molar refractivity (Wildman–Crippen MR) is 148 cm³/mol. The Bertz CT molecular complexity index is 1120. The highest BCUT2D eigenvalue weighted by Crippen LogP contribution is 2.55. The second-order valence-electron chi connectivity index (χ2n) is 9.30. The monoisotopic (exact) mass is 479 g/mol. The smallest absolute Gasteiger partial charge is 0.201 e. The maximum Gasteiger partial charge on any atom is 0.201 e. The summed E-state index contributed by atoms with van der Waals surface area (Å²) in [5.41, 5.74) is 0.744. The van der Waals surface area contributed by atoms with Crippen molar-refractivity contribution in [1.29, 1.82) is 0 Å². The first kappa shape index (κ1) is 23.5. The van der Waals surface area contributed by atoms with E-state index in [1.807, 2.05) is 42.5 Å². The Morgan fingerprint density at radius 1 is 0.629 bits per heavy atom. The number of ether oxygens (including phenoxy) is 1. The SMILES string of the molecule is O=C(C[P+](c1ccccc1)(c1ccccc1)c1ccccc1)c1ccc(OC2CCCCC2)cc1. The van der Waals surface area contributed by atoms with Crippen molar-refractivity contribution in [2.45, 2.75) is 38.2 Å². The zero-order valence-electron chi connectivity index (χ0n) is 20.1. The van der Waals surface area contributed by atoms with Crippen LogP contribution in [0.3, 0.4) is 0 Å². The van der Waals surface area contributed by atoms with Crippen LogP contribution in [0.25, 0.3) is 0 Å². The summed E-state index contributed by atoms with van der Waals surface area (Å²) in [6, 6.07) is 39.5. The first-order valence-corrected chi connectivity index (χ1v) is 14.6. The lowest BCUT2D eigenvalue weighted by Crippen LogP contribution is -2.35. The molecule has 0 saturated heterocycles. The molecule has 0 N–H and O–H groups in total. The molecule has 0 radical (unpaired) electrons. The molecular weight excluding hydrogens is 447 g/mol. The van der Waals surface area contributed by atoms with E-state index >= 15 is 0 Å². The molecule has 0 aromatic heterocycles. The van der Waals surface area contributed by atoms with E-state index < -0.39 is 7.26 Å². The van der Waals surface area contributed by atoms with Crippen LogP contribution in [0, 0.1) is 0 Å². The van der Waals surface area contributed by atoms with E-state index in [1.54, 1.807) is 0 Å². The first-order valence-electron chi connectivity index (χ1n) is 12.6. The Balaban J connectivity index is 1.50. The second kappa shape index (κ2) is 11.0. The summed E-state index contributed by atoms with van der Waals surface area (Å²) in [6.45, 7) is 0. The summed E-state index contributed by atoms with van der Waals surface area (Å²) in [5, 5.41) is 3.68. The summed E-state index contributed by atoms with van der Waals surface area (Å²) < 4.78 is 6.19. The largest absolute Gasteiger partial charge is 0.490 e. The van der Waals surface area contributed by atoms with Crippen molar-refractivity contribution >= 4 is 29.0 Å². The summed E-state index contributed by atoms with van der Waals surface area (Å²) in [6.07, 6.45) is 6.79. The van der Waals surface area contributed by atoms with Gasteiger partial charge in [0.2, 0.25) is 5.78 Å². The summed E-state index contributed by atoms with van der Waals surface area (Å²) in [5.74, 6) is 1.03. The molecule has 1 aliphatic rings. The summed E-state index contributed by atoms with van der Waals surface area (Å²) in [4.78, 5) is 13.9. The van der Waals surface area contributed by atoms with Crippen LogP contribution in [0.4, 0.5) is 0 Å². The molecule has 0 unspecified atom stereocenters. The molecule has 4 aromatic rings. The molecule has 0 atom stereocenters. The van der Waals surface area contributed by atoms with Gasteiger partial charge in [0.25, 0.3) is 0 Å². The molecule has 1 fully saturated rings. The van der Waals surface area contributed by atoms with Crippen molar-refractivity contribution in [3.8, 4) is 5.75 Å². The van der Waals surface area contributed by atoms with Crippen molar-refractivity contribution in [3.63, 3.8) is 0 Å². The highest BCUT2D eigenvalue weighted by molar-refractivity contribution is 7.96. The van der Waals surface area contributed by atoms with E-state index in [0.29, 0.717) is 12.3 Å². The molecule has 0 aliphatic heterocycles. The number of ketones is 1. The third-order valence-corrected chi connectivity index (χ3v) is 11.3. The van der Waals surface area contributed by atoms with Crippen LogP contribution in [-0.2, 0) is 0 Å². The lowest BCUT2D eigenvalue weighted by molar-refractivity contribution is 0.102. The number of carbonyl (C=O) groups is 1. The Morgan fingerprint density at radius 3 is 1.54 bits per heavy atom. The molecule has 1 aliphatic carbocycles. The average Bonchev–Trinajstić information content (AvgIpc) is 2.94. The van der Waals surface area contributed by atoms with E-state index in [1.165, 1.54) is 35.2 Å². The zero-order chi connectivity index (χ0) is 23.9. The Hall–Kier alpha value is -3.22. The van der Waals surface area contributed by atoms with E-state index in [4.69, 9.17) is 4.74 Å². The van der Waals surface area contributed by atoms with Crippen LogP contribution in [0.5, 0.6) is 5.75 Å². The van der Waals surface area contributed by atoms with Crippen LogP contribution in [0.1, 0.15) is 42.5 Å². The van der Waals surface area contributed by atoms with Gasteiger partial charge < -0.3 is 4.74 Å². The van der Waals surface area contributed by atoms with Crippen molar-refractivity contribution in [2.75, 3.05) is 6.16 Å². The Kier molecular flexibility index (Phi) is 7.40. The average molecular weight is 480 g/mol. The molecule has 0 spiro atoms. The number of Topliss-reactive ketones (excluding diaryl/α,β-unsaturated/α-hetero) is 1. The Morgan fingerprint density at radius 2 is 1.09 bits per heavy atom. The fourth-order valence-corrected chi connectivity index (χ4v) is 9.27. The number of carbonyl (C=O) groups excluding carboxylic acids is 1. The minimum absolute atomic E-state index is 0.166. The van der Waals surface area contributed by atoms with Gasteiger partial charge in [-0.2, -0.15) is 0 Å². The molecule has 1 saturated carbocycles. The Labute approximate surface area is 209 Å². The first-order chi connectivity index (χ1) is 17.3. The molecular formula is C32H32O2P+. The highest BCUT2D eigenvalue weighted by atomic mass is 31.2. The molecule has 176 valence electrons. The predicted octanol–water partition coefficient (Wildman–Crippen LogP) is 6.57. The number of hydrogen-bond acceptors (Lipinski definition) is 2. The normalized spacial score (nSPS) is 14.4. The fraction of sp³-hybridized carbons (Fsp3) is 0.219. The molecule has 5 rings (SSSR count). The van der Waals surface area contributed by atoms with Crippen LogP contribution in [0.2, 0.25) is 0 Å². The summed E-state index contributed by atoms with van der Waals surface area (Å²) in [7, 11) is -2.20. The van der Waals surface area contributed by atoms with Gasteiger partial charge in [0.05, 0.1) is 6.10 Å². The molecule has 3 heteroatoms. The van der Waals surface area contributed by atoms with Gasteiger partial charge in [0.15, 0.2) is 0 Å². The van der Waals surface area contributed by atoms with Crippen LogP contribution in [0.15, 0.2) is 115 Å². The zero-order valence-corrected chi connectivity index (χ0v) is 20.9. The van der Waals surface area contributed by atoms with Crippen LogP contribution >= 0.6 is 7.26 Å². The van der Waals surface area contributed by atoms with Gasteiger partial charge in [0, 0.05) is 5.56 Å². The van der Waals surface area contributed by atoms with Crippen LogP contribution in [-0.4, -0.2) is 18.0 Å². The standard InChI is InChI=1S/C32H32O2P/c33-32(26-21-23-28(24-22-26)34-27-13-5-1-6-14-27)25-35(29-15-7-2-8-16-29,30-17-9-3-10-18-30)31-19-11-4-12-20-31/h2-4,7-12,15-24,27H,1,5-6,13-14,25H2/q+1. The van der Waals surface area contributed by atoms with E-state index in [0.717, 1.165) is 24.2 Å². The van der Waals surface area contributed by atoms with Gasteiger partial charge >= 0.3 is 0 Å². The molecule has 0 heterocycles. The van der Waals surface area contributed by atoms with Crippen LogP contribution < -0.4 is 20.7 Å². The molecule has 0 amide bonds. The van der Waals surface area contributed by atoms with Gasteiger partial charge in [-0.05, 0) is 86.3 Å². The topological polar surface area (TPSA) is 26.3 Å². The maximum atomic E-state index is 13.9. The molecule has 4 aromatic carbocycles. The van der Waals surface area contributed by atoms with Gasteiger partial charge in [-0.1, -0.05) is 61.0 Å². The highest BCUT2D eigenvalue weighted by Gasteiger charge is 2.47. The van der Waals surface area contributed by atoms with Crippen molar-refractivity contribution in [3.05, 3.63) is 121 Å². The van der Waals surface area contributed by atoms with E-state index in [2.05, 4.69) is 72.8 Å². The number of benzene rings is 4. The number of hydrogen-bond donors (Lipinski definition) is 0. The fourth-order valence-electron chi connectivity index (χ4n) is 5.17. The van der Waals surface area contributed by atoms with Gasteiger partial charge in [-0.15, -0.1) is 0 Å². The van der Waals surface area contributed by atoms with Gasteiger partial charge in [-0.25, -0.2) is 0 Å². The number of rotatable bonds is 8. The molecule has 35 heavy (non-hydrogen) atoms. The summed E-state index contributed by atoms with van der Waals surface area (Å²) >= 11 is 0. The van der Waals surface area contributed by atoms with E-state index in [9.17, 15) is 4.79 Å². The van der Waals surface area contributed by atoms with Gasteiger partial charge in [-0.3, -0.25) is 4.79 Å². The minimum Gasteiger partial charge on any atom is -0.490 e. The minimum atomic E-state index is -2.20. The van der Waals surface area contributed by atoms with E-state index in [-0.39, 0.29) is 5.78 Å².